The zero-order valence-corrected chi connectivity index (χ0v) is 8.13. The van der Waals surface area contributed by atoms with Crippen LogP contribution in [0.1, 0.15) is 24.3 Å². The molecule has 69 valence electrons. The Bertz CT molecular complexity index is 421. The summed E-state index contributed by atoms with van der Waals surface area (Å²) in [5, 5.41) is 0. The molecular weight excluding hydrogens is 186 g/mol. The first-order valence-corrected chi connectivity index (χ1v) is 6.05. The quantitative estimate of drug-likeness (QED) is 0.713. The zero-order valence-electron chi connectivity index (χ0n) is 7.32. The molecule has 1 aromatic heterocycles. The molecule has 0 aromatic carbocycles. The molecule has 4 heteroatoms. The van der Waals surface area contributed by atoms with Gasteiger partial charge in [-0.25, -0.2) is 8.42 Å². The van der Waals surface area contributed by atoms with Crippen LogP contribution < -0.4 is 0 Å². The van der Waals surface area contributed by atoms with Gasteiger partial charge in [0.15, 0.2) is 9.84 Å². The maximum absolute atomic E-state index is 11.3. The van der Waals surface area contributed by atoms with E-state index in [1.807, 2.05) is 0 Å². The Morgan fingerprint density at radius 2 is 2.23 bits per heavy atom. The Hall–Kier alpha value is -0.900. The van der Waals surface area contributed by atoms with Gasteiger partial charge in [-0.15, -0.1) is 0 Å². The van der Waals surface area contributed by atoms with Crippen LogP contribution in [0.4, 0.5) is 0 Å². The van der Waals surface area contributed by atoms with Gasteiger partial charge in [-0.2, -0.15) is 0 Å². The summed E-state index contributed by atoms with van der Waals surface area (Å²) in [6, 6.07) is 1.56. The van der Waals surface area contributed by atoms with Crippen molar-refractivity contribution in [2.75, 3.05) is 6.26 Å². The van der Waals surface area contributed by atoms with Crippen molar-refractivity contribution in [2.24, 2.45) is 0 Å². The summed E-state index contributed by atoms with van der Waals surface area (Å²) in [7, 11) is -3.11. The first-order chi connectivity index (χ1) is 6.09. The van der Waals surface area contributed by atoms with Crippen molar-refractivity contribution in [3.8, 4) is 0 Å². The van der Waals surface area contributed by atoms with Crippen LogP contribution in [0.5, 0.6) is 0 Å². The Balaban J connectivity index is 2.55. The van der Waals surface area contributed by atoms with E-state index in [1.54, 1.807) is 6.07 Å². The topological polar surface area (TPSA) is 47.0 Å². The highest BCUT2D eigenvalue weighted by Crippen LogP contribution is 2.42. The summed E-state index contributed by atoms with van der Waals surface area (Å²) >= 11 is 0. The fraction of sp³-hybridized carbons (Fsp3) is 0.444. The van der Waals surface area contributed by atoms with Gasteiger partial charge < -0.3 is 0 Å². The molecule has 1 radical (unpaired) electrons. The van der Waals surface area contributed by atoms with Crippen molar-refractivity contribution < 1.29 is 8.42 Å². The van der Waals surface area contributed by atoms with Gasteiger partial charge in [-0.1, -0.05) is 0 Å². The molecular formula is C9H10NO2S. The van der Waals surface area contributed by atoms with Crippen LogP contribution in [0.25, 0.3) is 0 Å². The second-order valence-electron chi connectivity index (χ2n) is 3.38. The maximum atomic E-state index is 11.3. The standard InChI is InChI=1S/C9H10NO2S/c1-13(11,12)9-4-5-10-6-8(9)7-2-3-7/h4-5,7H,2-3H2,1H3. The Morgan fingerprint density at radius 3 is 2.77 bits per heavy atom. The van der Waals surface area contributed by atoms with Crippen LogP contribution in [0.2, 0.25) is 0 Å². The average Bonchev–Trinajstić information content (AvgIpc) is 2.85. The molecule has 13 heavy (non-hydrogen) atoms. The average molecular weight is 196 g/mol. The zero-order chi connectivity index (χ0) is 9.47. The van der Waals surface area contributed by atoms with Crippen LogP contribution in [-0.4, -0.2) is 19.7 Å². The van der Waals surface area contributed by atoms with E-state index < -0.39 is 9.84 Å². The largest absolute Gasteiger partial charge is 0.254 e. The van der Waals surface area contributed by atoms with E-state index in [0.717, 1.165) is 18.4 Å². The van der Waals surface area contributed by atoms with Gasteiger partial charge in [0, 0.05) is 18.0 Å². The van der Waals surface area contributed by atoms with Crippen molar-refractivity contribution >= 4 is 9.84 Å². The van der Waals surface area contributed by atoms with E-state index in [4.69, 9.17) is 0 Å². The van der Waals surface area contributed by atoms with Crippen molar-refractivity contribution in [3.63, 3.8) is 0 Å². The monoisotopic (exact) mass is 196 g/mol. The fourth-order valence-corrected chi connectivity index (χ4v) is 2.26. The molecule has 0 spiro atoms. The normalized spacial score (nSPS) is 17.3. The van der Waals surface area contributed by atoms with Gasteiger partial charge in [0.25, 0.3) is 0 Å². The maximum Gasteiger partial charge on any atom is 0.175 e. The van der Waals surface area contributed by atoms with E-state index in [9.17, 15) is 8.42 Å². The number of pyridine rings is 1. The summed E-state index contributed by atoms with van der Waals surface area (Å²) in [6.45, 7) is 0. The van der Waals surface area contributed by atoms with E-state index in [1.165, 1.54) is 12.5 Å². The Kier molecular flexibility index (Phi) is 1.87. The van der Waals surface area contributed by atoms with E-state index in [0.29, 0.717) is 10.8 Å². The molecule has 0 saturated heterocycles. The van der Waals surface area contributed by atoms with Crippen LogP contribution in [0, 0.1) is 6.20 Å². The third kappa shape index (κ3) is 1.72. The minimum atomic E-state index is -3.11. The molecule has 1 aliphatic carbocycles. The molecule has 0 atom stereocenters. The number of rotatable bonds is 2. The Morgan fingerprint density at radius 1 is 1.54 bits per heavy atom. The van der Waals surface area contributed by atoms with Gasteiger partial charge in [0.05, 0.1) is 11.1 Å². The van der Waals surface area contributed by atoms with Crippen LogP contribution in [0.3, 0.4) is 0 Å². The summed E-state index contributed by atoms with van der Waals surface area (Å²) < 4.78 is 22.7. The van der Waals surface area contributed by atoms with Crippen molar-refractivity contribution in [3.05, 3.63) is 24.0 Å². The molecule has 1 heterocycles. The molecule has 1 saturated carbocycles. The summed E-state index contributed by atoms with van der Waals surface area (Å²) in [5.41, 5.74) is 0.769. The van der Waals surface area contributed by atoms with E-state index >= 15 is 0 Å². The third-order valence-corrected chi connectivity index (χ3v) is 3.29. The number of hydrogen-bond acceptors (Lipinski definition) is 3. The molecule has 2 rings (SSSR count). The lowest BCUT2D eigenvalue weighted by atomic mass is 10.2. The number of nitrogens with zero attached hydrogens (tertiary/aromatic N) is 1. The predicted molar refractivity (Wildman–Crippen MR) is 48.2 cm³/mol. The summed E-state index contributed by atoms with van der Waals surface area (Å²) in [4.78, 5) is 4.22. The first-order valence-electron chi connectivity index (χ1n) is 4.15. The highest BCUT2D eigenvalue weighted by Gasteiger charge is 2.29. The predicted octanol–water partition coefficient (Wildman–Crippen LogP) is 1.16. The fourth-order valence-electron chi connectivity index (χ4n) is 1.34. The van der Waals surface area contributed by atoms with Crippen LogP contribution in [-0.2, 0) is 9.84 Å². The highest BCUT2D eigenvalue weighted by atomic mass is 32.2. The van der Waals surface area contributed by atoms with Gasteiger partial charge in [0.2, 0.25) is 0 Å². The SMILES string of the molecule is CS(=O)(=O)c1ccn[c]c1C1CC1. The molecule has 0 bridgehead atoms. The number of aromatic nitrogens is 1. The van der Waals surface area contributed by atoms with Crippen molar-refractivity contribution in [2.45, 2.75) is 23.7 Å². The van der Waals surface area contributed by atoms with Crippen molar-refractivity contribution in [1.82, 2.24) is 4.98 Å². The highest BCUT2D eigenvalue weighted by molar-refractivity contribution is 7.90. The Labute approximate surface area is 77.7 Å². The van der Waals surface area contributed by atoms with Crippen LogP contribution in [0.15, 0.2) is 17.2 Å². The minimum absolute atomic E-state index is 0.374. The summed E-state index contributed by atoms with van der Waals surface area (Å²) in [6.07, 6.45) is 7.60. The second kappa shape index (κ2) is 2.80. The van der Waals surface area contributed by atoms with E-state index in [-0.39, 0.29) is 0 Å². The molecule has 0 unspecified atom stereocenters. The number of hydrogen-bond donors (Lipinski definition) is 0. The number of sulfone groups is 1. The first kappa shape index (κ1) is 8.69. The van der Waals surface area contributed by atoms with Crippen molar-refractivity contribution in [1.29, 1.82) is 0 Å². The van der Waals surface area contributed by atoms with Gasteiger partial charge in [0.1, 0.15) is 0 Å². The lowest BCUT2D eigenvalue weighted by Gasteiger charge is -2.03. The van der Waals surface area contributed by atoms with E-state index in [2.05, 4.69) is 11.2 Å². The molecule has 0 N–H and O–H groups in total. The lowest BCUT2D eigenvalue weighted by Crippen LogP contribution is -2.02. The van der Waals surface area contributed by atoms with Gasteiger partial charge >= 0.3 is 0 Å². The lowest BCUT2D eigenvalue weighted by molar-refractivity contribution is 0.600. The van der Waals surface area contributed by atoms with Crippen LogP contribution >= 0.6 is 0 Å². The molecule has 1 fully saturated rings. The molecule has 0 amide bonds. The summed E-state index contributed by atoms with van der Waals surface area (Å²) in [5.74, 6) is 0.374. The third-order valence-electron chi connectivity index (χ3n) is 2.14. The molecule has 1 aliphatic rings. The molecule has 3 nitrogen and oxygen atoms in total. The molecule has 1 aromatic rings. The second-order valence-corrected chi connectivity index (χ2v) is 5.37. The van der Waals surface area contributed by atoms with Gasteiger partial charge in [-0.3, -0.25) is 4.98 Å². The molecule has 0 aliphatic heterocycles. The smallest absolute Gasteiger partial charge is 0.175 e. The van der Waals surface area contributed by atoms with Gasteiger partial charge in [-0.05, 0) is 24.8 Å². The minimum Gasteiger partial charge on any atom is -0.254 e.